The molecule has 0 spiro atoms. The Labute approximate surface area is 97.5 Å². The van der Waals surface area contributed by atoms with Gasteiger partial charge in [0.1, 0.15) is 0 Å². The SMILES string of the molecule is CC(C)(C#N)c1cc2c(c([N+](=O)[O-])c1)OCO2. The Morgan fingerprint density at radius 2 is 2.18 bits per heavy atom. The van der Waals surface area contributed by atoms with Crippen LogP contribution in [0.3, 0.4) is 0 Å². The van der Waals surface area contributed by atoms with Crippen LogP contribution in [0.2, 0.25) is 0 Å². The Bertz CT molecular complexity index is 531. The van der Waals surface area contributed by atoms with Crippen LogP contribution in [0.15, 0.2) is 12.1 Å². The van der Waals surface area contributed by atoms with Gasteiger partial charge in [0.25, 0.3) is 0 Å². The highest BCUT2D eigenvalue weighted by Gasteiger charge is 2.31. The lowest BCUT2D eigenvalue weighted by molar-refractivity contribution is -0.385. The first-order valence-electron chi connectivity index (χ1n) is 4.95. The van der Waals surface area contributed by atoms with Crippen molar-refractivity contribution in [1.82, 2.24) is 0 Å². The van der Waals surface area contributed by atoms with Gasteiger partial charge >= 0.3 is 5.69 Å². The van der Waals surface area contributed by atoms with Crippen LogP contribution in [0.4, 0.5) is 5.69 Å². The van der Waals surface area contributed by atoms with Gasteiger partial charge in [-0.2, -0.15) is 5.26 Å². The van der Waals surface area contributed by atoms with Crippen LogP contribution >= 0.6 is 0 Å². The van der Waals surface area contributed by atoms with E-state index in [1.54, 1.807) is 19.9 Å². The largest absolute Gasteiger partial charge is 0.453 e. The van der Waals surface area contributed by atoms with Gasteiger partial charge in [-0.15, -0.1) is 0 Å². The molecule has 1 heterocycles. The van der Waals surface area contributed by atoms with Crippen molar-refractivity contribution in [2.24, 2.45) is 0 Å². The van der Waals surface area contributed by atoms with Gasteiger partial charge in [-0.3, -0.25) is 10.1 Å². The summed E-state index contributed by atoms with van der Waals surface area (Å²) in [6.07, 6.45) is 0. The predicted octanol–water partition coefficient (Wildman–Crippen LogP) is 2.12. The fourth-order valence-electron chi connectivity index (χ4n) is 1.55. The van der Waals surface area contributed by atoms with E-state index in [9.17, 15) is 10.1 Å². The number of ether oxygens (including phenoxy) is 2. The number of benzene rings is 1. The highest BCUT2D eigenvalue weighted by molar-refractivity contribution is 5.60. The van der Waals surface area contributed by atoms with Crippen LogP contribution < -0.4 is 9.47 Å². The second-order valence-corrected chi connectivity index (χ2v) is 4.22. The fourth-order valence-corrected chi connectivity index (χ4v) is 1.55. The summed E-state index contributed by atoms with van der Waals surface area (Å²) in [7, 11) is 0. The molecule has 1 aliphatic rings. The van der Waals surface area contributed by atoms with Crippen LogP contribution in [0.5, 0.6) is 11.5 Å². The second kappa shape index (κ2) is 3.63. The van der Waals surface area contributed by atoms with E-state index in [-0.39, 0.29) is 18.2 Å². The molecule has 2 rings (SSSR count). The molecule has 1 aromatic carbocycles. The van der Waals surface area contributed by atoms with Gasteiger partial charge in [0.05, 0.1) is 16.4 Å². The standard InChI is InChI=1S/C11H10N2O4/c1-11(2,5-12)7-3-8(13(14)15)10-9(4-7)16-6-17-10/h3-4H,6H2,1-2H3. The molecule has 0 unspecified atom stereocenters. The lowest BCUT2D eigenvalue weighted by atomic mass is 9.86. The molecular weight excluding hydrogens is 224 g/mol. The molecule has 1 aromatic rings. The third kappa shape index (κ3) is 1.76. The van der Waals surface area contributed by atoms with E-state index in [1.807, 2.05) is 0 Å². The van der Waals surface area contributed by atoms with Crippen molar-refractivity contribution in [2.45, 2.75) is 19.3 Å². The van der Waals surface area contributed by atoms with Crippen LogP contribution in [0, 0.1) is 21.4 Å². The number of nitro groups is 1. The quantitative estimate of drug-likeness (QED) is 0.578. The molecule has 0 saturated heterocycles. The highest BCUT2D eigenvalue weighted by Crippen LogP contribution is 2.43. The molecule has 6 heteroatoms. The van der Waals surface area contributed by atoms with Gasteiger partial charge in [0.15, 0.2) is 5.75 Å². The van der Waals surface area contributed by atoms with Crippen molar-refractivity contribution in [2.75, 3.05) is 6.79 Å². The summed E-state index contributed by atoms with van der Waals surface area (Å²) in [5.41, 5.74) is -0.444. The van der Waals surface area contributed by atoms with Crippen LogP contribution in [0.25, 0.3) is 0 Å². The van der Waals surface area contributed by atoms with E-state index in [0.29, 0.717) is 11.3 Å². The molecular formula is C11H10N2O4. The average molecular weight is 234 g/mol. The first kappa shape index (κ1) is 11.2. The van der Waals surface area contributed by atoms with Crippen molar-refractivity contribution in [3.05, 3.63) is 27.8 Å². The smallest absolute Gasteiger partial charge is 0.315 e. The van der Waals surface area contributed by atoms with E-state index in [1.165, 1.54) is 6.07 Å². The van der Waals surface area contributed by atoms with Crippen molar-refractivity contribution in [3.8, 4) is 17.6 Å². The van der Waals surface area contributed by atoms with Gasteiger partial charge in [-0.05, 0) is 25.5 Å². The van der Waals surface area contributed by atoms with Crippen molar-refractivity contribution in [3.63, 3.8) is 0 Å². The molecule has 0 aromatic heterocycles. The zero-order valence-electron chi connectivity index (χ0n) is 9.39. The Morgan fingerprint density at radius 1 is 1.47 bits per heavy atom. The maximum atomic E-state index is 10.9. The monoisotopic (exact) mass is 234 g/mol. The molecule has 1 aliphatic heterocycles. The molecule has 88 valence electrons. The number of nitro benzene ring substituents is 1. The Kier molecular flexibility index (Phi) is 2.39. The average Bonchev–Trinajstić information content (AvgIpc) is 2.75. The van der Waals surface area contributed by atoms with Crippen molar-refractivity contribution >= 4 is 5.69 Å². The summed E-state index contributed by atoms with van der Waals surface area (Å²) < 4.78 is 10.2. The Balaban J connectivity index is 2.63. The summed E-state index contributed by atoms with van der Waals surface area (Å²) in [6, 6.07) is 5.06. The number of nitrogens with zero attached hydrogens (tertiary/aromatic N) is 2. The van der Waals surface area contributed by atoms with Gasteiger partial charge in [0, 0.05) is 6.07 Å². The van der Waals surface area contributed by atoms with E-state index < -0.39 is 10.3 Å². The van der Waals surface area contributed by atoms with Crippen LogP contribution in [-0.4, -0.2) is 11.7 Å². The Morgan fingerprint density at radius 3 is 2.76 bits per heavy atom. The summed E-state index contributed by atoms with van der Waals surface area (Å²) in [6.45, 7) is 3.34. The predicted molar refractivity (Wildman–Crippen MR) is 57.9 cm³/mol. The lowest BCUT2D eigenvalue weighted by Gasteiger charge is -2.15. The summed E-state index contributed by atoms with van der Waals surface area (Å²) >= 11 is 0. The molecule has 0 N–H and O–H groups in total. The number of fused-ring (bicyclic) bond motifs is 1. The zero-order valence-corrected chi connectivity index (χ0v) is 9.39. The number of nitriles is 1. The van der Waals surface area contributed by atoms with Crippen LogP contribution in [-0.2, 0) is 5.41 Å². The molecule has 6 nitrogen and oxygen atoms in total. The molecule has 0 radical (unpaired) electrons. The second-order valence-electron chi connectivity index (χ2n) is 4.22. The first-order chi connectivity index (χ1) is 7.95. The maximum absolute atomic E-state index is 10.9. The van der Waals surface area contributed by atoms with Gasteiger partial charge in [-0.1, -0.05) is 0 Å². The number of hydrogen-bond donors (Lipinski definition) is 0. The van der Waals surface area contributed by atoms with E-state index >= 15 is 0 Å². The molecule has 0 bridgehead atoms. The highest BCUT2D eigenvalue weighted by atomic mass is 16.7. The third-order valence-corrected chi connectivity index (χ3v) is 2.65. The zero-order chi connectivity index (χ0) is 12.6. The number of rotatable bonds is 2. The summed E-state index contributed by atoms with van der Waals surface area (Å²) in [5.74, 6) is 0.449. The van der Waals surface area contributed by atoms with Gasteiger partial charge in [-0.25, -0.2) is 0 Å². The molecule has 0 atom stereocenters. The molecule has 0 amide bonds. The molecule has 17 heavy (non-hydrogen) atoms. The van der Waals surface area contributed by atoms with Crippen molar-refractivity contribution in [1.29, 1.82) is 5.26 Å². The van der Waals surface area contributed by atoms with Gasteiger partial charge in [0.2, 0.25) is 12.5 Å². The minimum Gasteiger partial charge on any atom is -0.453 e. The maximum Gasteiger partial charge on any atom is 0.315 e. The van der Waals surface area contributed by atoms with Gasteiger partial charge < -0.3 is 9.47 Å². The minimum atomic E-state index is -0.814. The van der Waals surface area contributed by atoms with Crippen molar-refractivity contribution < 1.29 is 14.4 Å². The minimum absolute atomic E-state index is 0.0351. The molecule has 0 saturated carbocycles. The topological polar surface area (TPSA) is 85.4 Å². The first-order valence-corrected chi connectivity index (χ1v) is 4.95. The normalized spacial score (nSPS) is 13.2. The van der Waals surface area contributed by atoms with Crippen LogP contribution in [0.1, 0.15) is 19.4 Å². The fraction of sp³-hybridized carbons (Fsp3) is 0.364. The molecule has 0 aliphatic carbocycles. The van der Waals surface area contributed by atoms with E-state index in [0.717, 1.165) is 0 Å². The number of hydrogen-bond acceptors (Lipinski definition) is 5. The Hall–Kier alpha value is -2.29. The van der Waals surface area contributed by atoms with E-state index in [4.69, 9.17) is 14.7 Å². The van der Waals surface area contributed by atoms with E-state index in [2.05, 4.69) is 6.07 Å². The summed E-state index contributed by atoms with van der Waals surface area (Å²) in [4.78, 5) is 10.4. The third-order valence-electron chi connectivity index (χ3n) is 2.65. The molecule has 0 fully saturated rings. The summed E-state index contributed by atoms with van der Waals surface area (Å²) in [5, 5.41) is 19.9. The lowest BCUT2D eigenvalue weighted by Crippen LogP contribution is -2.14.